The zero-order valence-electron chi connectivity index (χ0n) is 12.8. The molecule has 0 amide bonds. The molecule has 1 nitrogen and oxygen atoms in total. The molecule has 112 valence electrons. The summed E-state index contributed by atoms with van der Waals surface area (Å²) in [7, 11) is 0. The Bertz CT molecular complexity index is 343. The Labute approximate surface area is 115 Å². The van der Waals surface area contributed by atoms with Crippen molar-refractivity contribution >= 4 is 0 Å². The van der Waals surface area contributed by atoms with Gasteiger partial charge in [-0.2, -0.15) is 13.2 Å². The van der Waals surface area contributed by atoms with Crippen LogP contribution in [0, 0.1) is 5.92 Å². The number of hydrogen-bond donors (Lipinski definition) is 1. The van der Waals surface area contributed by atoms with E-state index in [0.717, 1.165) is 0 Å². The van der Waals surface area contributed by atoms with E-state index in [9.17, 15) is 13.2 Å². The lowest BCUT2D eigenvalue weighted by molar-refractivity contribution is -0.126. The van der Waals surface area contributed by atoms with Crippen molar-refractivity contribution in [3.63, 3.8) is 0 Å². The highest BCUT2D eigenvalue weighted by Gasteiger charge is 2.30. The molecule has 4 heteroatoms. The van der Waals surface area contributed by atoms with Crippen LogP contribution < -0.4 is 5.73 Å². The van der Waals surface area contributed by atoms with Gasteiger partial charge in [-0.3, -0.25) is 0 Å². The predicted octanol–water partition coefficient (Wildman–Crippen LogP) is 5.36. The van der Waals surface area contributed by atoms with Gasteiger partial charge in [-0.05, 0) is 37.0 Å². The largest absolute Gasteiger partial charge is 0.402 e. The first-order chi connectivity index (χ1) is 8.54. The number of hydrogen-bond acceptors (Lipinski definition) is 1. The summed E-state index contributed by atoms with van der Waals surface area (Å²) >= 11 is 0. The Morgan fingerprint density at radius 3 is 1.84 bits per heavy atom. The average Bonchev–Trinajstić information content (AvgIpc) is 2.23. The standard InChI is InChI=1S/C13H20F3N.C2H6/c1-8(2)11(6-10(5)17)12(9(3)4)7-13(14,15)16;1-2/h6,8H,3,7,17H2,1-2,4-5H3;1-2H3/b10-6+,12-11+;. The minimum Gasteiger partial charge on any atom is -0.402 e. The average molecular weight is 277 g/mol. The van der Waals surface area contributed by atoms with Crippen LogP contribution in [0.1, 0.15) is 48.0 Å². The van der Waals surface area contributed by atoms with Crippen LogP contribution in [0.2, 0.25) is 0 Å². The highest BCUT2D eigenvalue weighted by atomic mass is 19.4. The van der Waals surface area contributed by atoms with Crippen LogP contribution in [0.3, 0.4) is 0 Å². The van der Waals surface area contributed by atoms with Crippen molar-refractivity contribution in [1.82, 2.24) is 0 Å². The van der Waals surface area contributed by atoms with Crippen molar-refractivity contribution in [3.05, 3.63) is 35.1 Å². The normalized spacial score (nSPS) is 13.7. The van der Waals surface area contributed by atoms with Crippen molar-refractivity contribution < 1.29 is 13.2 Å². The molecule has 0 heterocycles. The molecule has 2 N–H and O–H groups in total. The quantitative estimate of drug-likeness (QED) is 0.688. The zero-order valence-corrected chi connectivity index (χ0v) is 12.8. The van der Waals surface area contributed by atoms with Crippen LogP contribution in [0.25, 0.3) is 0 Å². The molecular formula is C15H26F3N. The number of rotatable bonds is 4. The van der Waals surface area contributed by atoms with Crippen LogP contribution in [-0.4, -0.2) is 6.18 Å². The molecule has 19 heavy (non-hydrogen) atoms. The molecule has 0 saturated carbocycles. The van der Waals surface area contributed by atoms with Crippen molar-refractivity contribution in [2.75, 3.05) is 0 Å². The summed E-state index contributed by atoms with van der Waals surface area (Å²) in [5.74, 6) is -0.0254. The number of allylic oxidation sites excluding steroid dienone is 5. The van der Waals surface area contributed by atoms with E-state index in [2.05, 4.69) is 6.58 Å². The number of halogens is 3. The van der Waals surface area contributed by atoms with E-state index in [1.54, 1.807) is 19.9 Å². The van der Waals surface area contributed by atoms with E-state index in [4.69, 9.17) is 5.73 Å². The van der Waals surface area contributed by atoms with Crippen LogP contribution in [-0.2, 0) is 0 Å². The van der Waals surface area contributed by atoms with Crippen molar-refractivity contribution in [3.8, 4) is 0 Å². The van der Waals surface area contributed by atoms with Gasteiger partial charge in [-0.25, -0.2) is 0 Å². The number of nitrogens with two attached hydrogens (primary N) is 1. The van der Waals surface area contributed by atoms with Crippen LogP contribution in [0.4, 0.5) is 13.2 Å². The molecule has 0 spiro atoms. The molecule has 0 atom stereocenters. The van der Waals surface area contributed by atoms with E-state index >= 15 is 0 Å². The van der Waals surface area contributed by atoms with Gasteiger partial charge in [-0.15, -0.1) is 0 Å². The first-order valence-electron chi connectivity index (χ1n) is 6.44. The monoisotopic (exact) mass is 277 g/mol. The van der Waals surface area contributed by atoms with Gasteiger partial charge in [0.25, 0.3) is 0 Å². The van der Waals surface area contributed by atoms with Gasteiger partial charge in [0, 0.05) is 5.70 Å². The third-order valence-electron chi connectivity index (χ3n) is 2.25. The summed E-state index contributed by atoms with van der Waals surface area (Å²) in [6.45, 7) is 14.6. The summed E-state index contributed by atoms with van der Waals surface area (Å²) in [6, 6.07) is 0. The van der Waals surface area contributed by atoms with E-state index < -0.39 is 12.6 Å². The Kier molecular flexibility index (Phi) is 9.36. The molecule has 0 aromatic heterocycles. The molecule has 0 aliphatic carbocycles. The third kappa shape index (κ3) is 9.40. The molecule has 0 bridgehead atoms. The molecule has 0 aliphatic heterocycles. The number of alkyl halides is 3. The first kappa shape index (κ1) is 20.1. The van der Waals surface area contributed by atoms with Crippen LogP contribution in [0.5, 0.6) is 0 Å². The fraction of sp³-hybridized carbons (Fsp3) is 0.600. The fourth-order valence-electron chi connectivity index (χ4n) is 1.55. The third-order valence-corrected chi connectivity index (χ3v) is 2.25. The molecule has 0 saturated heterocycles. The lowest BCUT2D eigenvalue weighted by atomic mass is 9.90. The second kappa shape index (κ2) is 8.83. The van der Waals surface area contributed by atoms with Gasteiger partial charge >= 0.3 is 6.18 Å². The van der Waals surface area contributed by atoms with Gasteiger partial charge in [-0.1, -0.05) is 39.8 Å². The maximum Gasteiger partial charge on any atom is 0.393 e. The second-order valence-corrected chi connectivity index (χ2v) is 4.55. The van der Waals surface area contributed by atoms with Crippen molar-refractivity contribution in [1.29, 1.82) is 0 Å². The lowest BCUT2D eigenvalue weighted by Crippen LogP contribution is -2.12. The summed E-state index contributed by atoms with van der Waals surface area (Å²) in [5.41, 5.74) is 7.32. The van der Waals surface area contributed by atoms with Gasteiger partial charge < -0.3 is 5.73 Å². The zero-order chi connectivity index (χ0) is 15.8. The molecule has 0 fully saturated rings. The van der Waals surface area contributed by atoms with Crippen LogP contribution >= 0.6 is 0 Å². The highest BCUT2D eigenvalue weighted by molar-refractivity contribution is 5.40. The summed E-state index contributed by atoms with van der Waals surface area (Å²) < 4.78 is 37.5. The second-order valence-electron chi connectivity index (χ2n) is 4.55. The Hall–Kier alpha value is -1.19. The molecule has 0 rings (SSSR count). The van der Waals surface area contributed by atoms with Gasteiger partial charge in [0.1, 0.15) is 0 Å². The maximum atomic E-state index is 12.5. The molecule has 0 aromatic rings. The van der Waals surface area contributed by atoms with E-state index in [0.29, 0.717) is 16.8 Å². The van der Waals surface area contributed by atoms with Gasteiger partial charge in [0.05, 0.1) is 6.42 Å². The van der Waals surface area contributed by atoms with Gasteiger partial charge in [0.2, 0.25) is 0 Å². The SMILES string of the molecule is C=C(C)/C(CC(F)(F)F)=C(\C=C(/C)N)C(C)C.CC. The van der Waals surface area contributed by atoms with E-state index in [-0.39, 0.29) is 11.5 Å². The molecule has 0 radical (unpaired) electrons. The summed E-state index contributed by atoms with van der Waals surface area (Å²) in [5, 5.41) is 0. The van der Waals surface area contributed by atoms with Crippen LogP contribution in [0.15, 0.2) is 35.1 Å². The Morgan fingerprint density at radius 2 is 1.63 bits per heavy atom. The smallest absolute Gasteiger partial charge is 0.393 e. The Morgan fingerprint density at radius 1 is 1.21 bits per heavy atom. The molecule has 0 aromatic carbocycles. The first-order valence-corrected chi connectivity index (χ1v) is 6.44. The molecule has 0 aliphatic rings. The summed E-state index contributed by atoms with van der Waals surface area (Å²) in [6.07, 6.45) is -3.59. The summed E-state index contributed by atoms with van der Waals surface area (Å²) in [4.78, 5) is 0. The minimum atomic E-state index is -4.23. The molecule has 0 unspecified atom stereocenters. The fourth-order valence-corrected chi connectivity index (χ4v) is 1.55. The molecular weight excluding hydrogens is 251 g/mol. The predicted molar refractivity (Wildman–Crippen MR) is 76.6 cm³/mol. The van der Waals surface area contributed by atoms with E-state index in [1.165, 1.54) is 0 Å². The highest BCUT2D eigenvalue weighted by Crippen LogP contribution is 2.32. The lowest BCUT2D eigenvalue weighted by Gasteiger charge is -2.18. The van der Waals surface area contributed by atoms with Gasteiger partial charge in [0.15, 0.2) is 0 Å². The maximum absolute atomic E-state index is 12.5. The topological polar surface area (TPSA) is 26.0 Å². The minimum absolute atomic E-state index is 0.0254. The van der Waals surface area contributed by atoms with Crippen molar-refractivity contribution in [2.24, 2.45) is 11.7 Å². The van der Waals surface area contributed by atoms with E-state index in [1.807, 2.05) is 27.7 Å². The van der Waals surface area contributed by atoms with Crippen molar-refractivity contribution in [2.45, 2.75) is 54.1 Å². The Balaban J connectivity index is 0.